The number of hydrogen-bond acceptors (Lipinski definition) is 3. The molecular formula is C13H19Cl2N3O. The van der Waals surface area contributed by atoms with Gasteiger partial charge >= 0.3 is 0 Å². The molecule has 2 heterocycles. The van der Waals surface area contributed by atoms with Crippen molar-refractivity contribution in [3.8, 4) is 5.75 Å². The summed E-state index contributed by atoms with van der Waals surface area (Å²) in [5.41, 5.74) is 8.34. The van der Waals surface area contributed by atoms with Crippen LogP contribution in [0.1, 0.15) is 18.9 Å². The van der Waals surface area contributed by atoms with Crippen molar-refractivity contribution in [2.45, 2.75) is 32.4 Å². The van der Waals surface area contributed by atoms with Crippen LogP contribution in [0.2, 0.25) is 0 Å². The molecule has 106 valence electrons. The molecule has 0 fully saturated rings. The fraction of sp³-hybridized carbons (Fsp3) is 0.462. The summed E-state index contributed by atoms with van der Waals surface area (Å²) < 4.78 is 7.70. The number of hydrogen-bond donors (Lipinski definition) is 1. The van der Waals surface area contributed by atoms with Crippen LogP contribution < -0.4 is 10.5 Å². The van der Waals surface area contributed by atoms with Crippen LogP contribution >= 0.6 is 24.8 Å². The highest BCUT2D eigenvalue weighted by molar-refractivity contribution is 5.86. The molecule has 0 aliphatic carbocycles. The van der Waals surface area contributed by atoms with E-state index in [9.17, 15) is 0 Å². The maximum absolute atomic E-state index is 5.86. The summed E-state index contributed by atoms with van der Waals surface area (Å²) in [5, 5.41) is 5.60. The third-order valence-electron chi connectivity index (χ3n) is 3.15. The molecule has 0 bridgehead atoms. The van der Waals surface area contributed by atoms with E-state index in [1.165, 1.54) is 16.5 Å². The number of halogens is 2. The van der Waals surface area contributed by atoms with Gasteiger partial charge in [0.1, 0.15) is 5.75 Å². The van der Waals surface area contributed by atoms with E-state index in [1.807, 2.05) is 17.8 Å². The lowest BCUT2D eigenvalue weighted by molar-refractivity contribution is 0.289. The largest absolute Gasteiger partial charge is 0.493 e. The minimum absolute atomic E-state index is 0. The summed E-state index contributed by atoms with van der Waals surface area (Å²) in [6, 6.07) is 4.23. The van der Waals surface area contributed by atoms with E-state index in [4.69, 9.17) is 10.5 Å². The summed E-state index contributed by atoms with van der Waals surface area (Å²) in [6.07, 6.45) is 4.05. The van der Waals surface area contributed by atoms with E-state index >= 15 is 0 Å². The van der Waals surface area contributed by atoms with Crippen LogP contribution in [0.25, 0.3) is 10.9 Å². The van der Waals surface area contributed by atoms with E-state index in [0.29, 0.717) is 0 Å². The number of benzene rings is 1. The van der Waals surface area contributed by atoms with Gasteiger partial charge in [-0.2, -0.15) is 5.10 Å². The first kappa shape index (κ1) is 16.1. The minimum atomic E-state index is 0. The summed E-state index contributed by atoms with van der Waals surface area (Å²) >= 11 is 0. The van der Waals surface area contributed by atoms with Crippen molar-refractivity contribution >= 4 is 35.7 Å². The van der Waals surface area contributed by atoms with E-state index in [2.05, 4.69) is 17.2 Å². The molecule has 19 heavy (non-hydrogen) atoms. The van der Waals surface area contributed by atoms with E-state index in [1.54, 1.807) is 0 Å². The van der Waals surface area contributed by atoms with E-state index in [0.717, 1.165) is 31.7 Å². The maximum atomic E-state index is 5.86. The third kappa shape index (κ3) is 2.96. The minimum Gasteiger partial charge on any atom is -0.493 e. The molecule has 3 rings (SSSR count). The standard InChI is InChI=1S/C13H17N3O.2ClH/c1-9(14)8-16-13-10(7-15-16)4-5-12-11(13)3-2-6-17-12;;/h4-5,7,9H,2-3,6,8,14H2,1H3;2*1H/t9-;;/m0../s1. The summed E-state index contributed by atoms with van der Waals surface area (Å²) in [6.45, 7) is 3.57. The smallest absolute Gasteiger partial charge is 0.124 e. The Kier molecular flexibility index (Phi) is 5.47. The summed E-state index contributed by atoms with van der Waals surface area (Å²) in [4.78, 5) is 0. The Morgan fingerprint density at radius 2 is 2.21 bits per heavy atom. The second kappa shape index (κ2) is 6.46. The molecule has 1 aliphatic heterocycles. The SMILES string of the molecule is C[C@H](N)Cn1ncc2ccc3c(c21)CCCO3.Cl.Cl. The van der Waals surface area contributed by atoms with Crippen LogP contribution in [0.4, 0.5) is 0 Å². The molecule has 2 aromatic rings. The second-order valence-electron chi connectivity index (χ2n) is 4.74. The Labute approximate surface area is 125 Å². The second-order valence-corrected chi connectivity index (χ2v) is 4.74. The van der Waals surface area contributed by atoms with Gasteiger partial charge in [0.05, 0.1) is 24.9 Å². The van der Waals surface area contributed by atoms with Gasteiger partial charge in [-0.15, -0.1) is 24.8 Å². The highest BCUT2D eigenvalue weighted by Gasteiger charge is 2.17. The van der Waals surface area contributed by atoms with Gasteiger partial charge in [0.15, 0.2) is 0 Å². The lowest BCUT2D eigenvalue weighted by Gasteiger charge is -2.19. The first-order valence-electron chi connectivity index (χ1n) is 6.11. The number of aromatic nitrogens is 2. The first-order valence-corrected chi connectivity index (χ1v) is 6.11. The van der Waals surface area contributed by atoms with Crippen LogP contribution in [0.15, 0.2) is 18.3 Å². The monoisotopic (exact) mass is 303 g/mol. The molecule has 1 atom stereocenters. The molecule has 0 unspecified atom stereocenters. The van der Waals surface area contributed by atoms with Gasteiger partial charge in [0, 0.05) is 17.0 Å². The number of rotatable bonds is 2. The number of nitrogens with zero attached hydrogens (tertiary/aromatic N) is 2. The molecule has 1 aliphatic rings. The van der Waals surface area contributed by atoms with Crippen molar-refractivity contribution in [3.63, 3.8) is 0 Å². The zero-order valence-electron chi connectivity index (χ0n) is 10.8. The molecule has 0 spiro atoms. The van der Waals surface area contributed by atoms with Gasteiger partial charge in [-0.1, -0.05) is 0 Å². The molecular weight excluding hydrogens is 285 g/mol. The van der Waals surface area contributed by atoms with Crippen molar-refractivity contribution in [3.05, 3.63) is 23.9 Å². The van der Waals surface area contributed by atoms with Crippen molar-refractivity contribution in [2.24, 2.45) is 5.73 Å². The van der Waals surface area contributed by atoms with Gasteiger partial charge in [-0.05, 0) is 31.9 Å². The van der Waals surface area contributed by atoms with Crippen molar-refractivity contribution < 1.29 is 4.74 Å². The normalized spacial score (nSPS) is 14.8. The fourth-order valence-electron chi connectivity index (χ4n) is 2.45. The number of ether oxygens (including phenoxy) is 1. The van der Waals surface area contributed by atoms with Crippen LogP contribution in [0.3, 0.4) is 0 Å². The van der Waals surface area contributed by atoms with Gasteiger partial charge < -0.3 is 10.5 Å². The van der Waals surface area contributed by atoms with E-state index in [-0.39, 0.29) is 30.9 Å². The zero-order valence-corrected chi connectivity index (χ0v) is 12.5. The van der Waals surface area contributed by atoms with Gasteiger partial charge in [0.2, 0.25) is 0 Å². The topological polar surface area (TPSA) is 53.1 Å². The Balaban J connectivity index is 0.000000902. The number of fused-ring (bicyclic) bond motifs is 3. The lowest BCUT2D eigenvalue weighted by Crippen LogP contribution is -2.23. The summed E-state index contributed by atoms with van der Waals surface area (Å²) in [5.74, 6) is 1.01. The van der Waals surface area contributed by atoms with Crippen molar-refractivity contribution in [1.82, 2.24) is 9.78 Å². The molecule has 1 aromatic carbocycles. The molecule has 0 amide bonds. The Hall–Kier alpha value is -0.970. The van der Waals surface area contributed by atoms with Crippen LogP contribution in [-0.4, -0.2) is 22.4 Å². The highest BCUT2D eigenvalue weighted by Crippen LogP contribution is 2.31. The highest BCUT2D eigenvalue weighted by atomic mass is 35.5. The number of nitrogens with two attached hydrogens (primary N) is 1. The third-order valence-corrected chi connectivity index (χ3v) is 3.15. The van der Waals surface area contributed by atoms with Gasteiger partial charge in [0.25, 0.3) is 0 Å². The average molecular weight is 304 g/mol. The Morgan fingerprint density at radius 1 is 1.42 bits per heavy atom. The van der Waals surface area contributed by atoms with E-state index < -0.39 is 0 Å². The van der Waals surface area contributed by atoms with Crippen LogP contribution in [-0.2, 0) is 13.0 Å². The molecule has 2 N–H and O–H groups in total. The Morgan fingerprint density at radius 3 is 2.95 bits per heavy atom. The molecule has 4 nitrogen and oxygen atoms in total. The van der Waals surface area contributed by atoms with Crippen LogP contribution in [0, 0.1) is 0 Å². The lowest BCUT2D eigenvalue weighted by atomic mass is 10.0. The maximum Gasteiger partial charge on any atom is 0.124 e. The average Bonchev–Trinajstić information content (AvgIpc) is 2.72. The van der Waals surface area contributed by atoms with Crippen molar-refractivity contribution in [2.75, 3.05) is 6.61 Å². The molecule has 0 saturated heterocycles. The molecule has 0 radical (unpaired) electrons. The summed E-state index contributed by atoms with van der Waals surface area (Å²) in [7, 11) is 0. The molecule has 1 aromatic heterocycles. The Bertz CT molecular complexity index is 554. The molecule has 6 heteroatoms. The fourth-order valence-corrected chi connectivity index (χ4v) is 2.45. The molecule has 0 saturated carbocycles. The first-order chi connectivity index (χ1) is 8.25. The number of aryl methyl sites for hydroxylation is 1. The van der Waals surface area contributed by atoms with Gasteiger partial charge in [-0.3, -0.25) is 4.68 Å². The van der Waals surface area contributed by atoms with Gasteiger partial charge in [-0.25, -0.2) is 0 Å². The zero-order chi connectivity index (χ0) is 11.8. The van der Waals surface area contributed by atoms with Crippen molar-refractivity contribution in [1.29, 1.82) is 0 Å². The quantitative estimate of drug-likeness (QED) is 0.927. The predicted octanol–water partition coefficient (Wildman–Crippen LogP) is 2.55. The predicted molar refractivity (Wildman–Crippen MR) is 81.7 cm³/mol. The van der Waals surface area contributed by atoms with Crippen LogP contribution in [0.5, 0.6) is 5.75 Å².